The van der Waals surface area contributed by atoms with Gasteiger partial charge in [-0.2, -0.15) is 0 Å². The number of carboxylic acid groups (broad SMARTS) is 1. The average molecular weight is 272 g/mol. The molecule has 2 nitrogen and oxygen atoms in total. The van der Waals surface area contributed by atoms with Crippen molar-refractivity contribution in [2.24, 2.45) is 0 Å². The van der Waals surface area contributed by atoms with Crippen LogP contribution in [-0.2, 0) is 4.79 Å². The molecular formula is C17H36O2. The molecule has 0 aliphatic carbocycles. The van der Waals surface area contributed by atoms with Gasteiger partial charge >= 0.3 is 5.97 Å². The lowest BCUT2D eigenvalue weighted by atomic mass is 10.0. The van der Waals surface area contributed by atoms with Crippen molar-refractivity contribution in [3.05, 3.63) is 0 Å². The van der Waals surface area contributed by atoms with Crippen molar-refractivity contribution in [2.75, 3.05) is 0 Å². The minimum atomic E-state index is -0.655. The van der Waals surface area contributed by atoms with Crippen LogP contribution in [0.4, 0.5) is 0 Å². The Morgan fingerprint density at radius 2 is 1.00 bits per heavy atom. The van der Waals surface area contributed by atoms with E-state index in [4.69, 9.17) is 5.11 Å². The lowest BCUT2D eigenvalue weighted by Crippen LogP contribution is -1.93. The molecule has 0 heterocycles. The van der Waals surface area contributed by atoms with Gasteiger partial charge in [-0.1, -0.05) is 91.4 Å². The molecule has 0 bridgehead atoms. The fourth-order valence-electron chi connectivity index (χ4n) is 2.29. The van der Waals surface area contributed by atoms with E-state index in [1.54, 1.807) is 0 Å². The van der Waals surface area contributed by atoms with Crippen LogP contribution in [0, 0.1) is 0 Å². The lowest BCUT2D eigenvalue weighted by molar-refractivity contribution is -0.137. The SMILES string of the molecule is C.CCCCCCCCCCCCCCCC(=O)O. The topological polar surface area (TPSA) is 37.3 Å². The summed E-state index contributed by atoms with van der Waals surface area (Å²) in [6.45, 7) is 2.26. The highest BCUT2D eigenvalue weighted by Gasteiger charge is 1.96. The van der Waals surface area contributed by atoms with Crippen molar-refractivity contribution in [3.8, 4) is 0 Å². The van der Waals surface area contributed by atoms with Crippen LogP contribution in [0.1, 0.15) is 104 Å². The van der Waals surface area contributed by atoms with Crippen molar-refractivity contribution in [1.82, 2.24) is 0 Å². The van der Waals surface area contributed by atoms with Crippen LogP contribution in [0.5, 0.6) is 0 Å². The van der Waals surface area contributed by atoms with Gasteiger partial charge in [0.1, 0.15) is 0 Å². The van der Waals surface area contributed by atoms with Gasteiger partial charge in [0.15, 0.2) is 0 Å². The van der Waals surface area contributed by atoms with Crippen LogP contribution in [0.3, 0.4) is 0 Å². The van der Waals surface area contributed by atoms with Gasteiger partial charge in [-0.25, -0.2) is 0 Å². The zero-order chi connectivity index (χ0) is 13.5. The molecule has 0 atom stereocenters. The fourth-order valence-corrected chi connectivity index (χ4v) is 2.29. The molecule has 0 saturated carbocycles. The molecule has 0 aromatic carbocycles. The summed E-state index contributed by atoms with van der Waals surface area (Å²) >= 11 is 0. The smallest absolute Gasteiger partial charge is 0.303 e. The normalized spacial score (nSPS) is 10.2. The second kappa shape index (κ2) is 17.5. The lowest BCUT2D eigenvalue weighted by Gasteiger charge is -2.02. The number of unbranched alkanes of at least 4 members (excludes halogenated alkanes) is 12. The average Bonchev–Trinajstić information content (AvgIpc) is 2.34. The molecule has 0 unspecified atom stereocenters. The van der Waals surface area contributed by atoms with E-state index < -0.39 is 5.97 Å². The number of aliphatic carboxylic acids is 1. The Kier molecular flexibility index (Phi) is 19.1. The predicted molar refractivity (Wildman–Crippen MR) is 84.7 cm³/mol. The molecule has 116 valence electrons. The van der Waals surface area contributed by atoms with Crippen molar-refractivity contribution in [3.63, 3.8) is 0 Å². The second-order valence-corrected chi connectivity index (χ2v) is 5.39. The molecule has 0 amide bonds. The van der Waals surface area contributed by atoms with Gasteiger partial charge in [0, 0.05) is 6.42 Å². The molecule has 0 aliphatic heterocycles. The molecule has 0 aliphatic rings. The Balaban J connectivity index is 0. The molecular weight excluding hydrogens is 236 g/mol. The summed E-state index contributed by atoms with van der Waals surface area (Å²) in [4.78, 5) is 10.3. The Labute approximate surface area is 121 Å². The van der Waals surface area contributed by atoms with E-state index in [0.717, 1.165) is 12.8 Å². The number of hydrogen-bond acceptors (Lipinski definition) is 1. The van der Waals surface area contributed by atoms with Gasteiger partial charge in [-0.3, -0.25) is 4.79 Å². The molecule has 0 radical (unpaired) electrons. The van der Waals surface area contributed by atoms with Crippen molar-refractivity contribution >= 4 is 5.97 Å². The standard InChI is InChI=1S/C16H32O2.CH4/c1-2-3-4-5-6-7-8-9-10-11-12-13-14-15-16(17)18;/h2-15H2,1H3,(H,17,18);1H4. The molecule has 1 N–H and O–H groups in total. The van der Waals surface area contributed by atoms with Gasteiger partial charge in [0.05, 0.1) is 0 Å². The quantitative estimate of drug-likeness (QED) is 0.383. The zero-order valence-electron chi connectivity index (χ0n) is 12.3. The first-order chi connectivity index (χ1) is 8.77. The highest BCUT2D eigenvalue weighted by atomic mass is 16.4. The van der Waals surface area contributed by atoms with E-state index in [9.17, 15) is 4.79 Å². The summed E-state index contributed by atoms with van der Waals surface area (Å²) in [5, 5.41) is 8.49. The van der Waals surface area contributed by atoms with Gasteiger partial charge in [-0.05, 0) is 6.42 Å². The monoisotopic (exact) mass is 272 g/mol. The third kappa shape index (κ3) is 20.0. The van der Waals surface area contributed by atoms with Crippen LogP contribution >= 0.6 is 0 Å². The van der Waals surface area contributed by atoms with Gasteiger partial charge in [0.25, 0.3) is 0 Å². The minimum Gasteiger partial charge on any atom is -0.481 e. The third-order valence-electron chi connectivity index (χ3n) is 3.49. The van der Waals surface area contributed by atoms with E-state index in [-0.39, 0.29) is 7.43 Å². The van der Waals surface area contributed by atoms with Gasteiger partial charge in [0.2, 0.25) is 0 Å². The van der Waals surface area contributed by atoms with Crippen LogP contribution < -0.4 is 0 Å². The number of carboxylic acids is 1. The first-order valence-electron chi connectivity index (χ1n) is 7.99. The first kappa shape index (κ1) is 20.8. The van der Waals surface area contributed by atoms with Crippen molar-refractivity contribution in [1.29, 1.82) is 0 Å². The van der Waals surface area contributed by atoms with Crippen molar-refractivity contribution in [2.45, 2.75) is 104 Å². The Morgan fingerprint density at radius 3 is 1.32 bits per heavy atom. The highest BCUT2D eigenvalue weighted by Crippen LogP contribution is 2.12. The van der Waals surface area contributed by atoms with E-state index in [0.29, 0.717) is 6.42 Å². The number of carbonyl (C=O) groups is 1. The van der Waals surface area contributed by atoms with Crippen LogP contribution in [0.25, 0.3) is 0 Å². The zero-order valence-corrected chi connectivity index (χ0v) is 12.3. The Hall–Kier alpha value is -0.530. The predicted octanol–water partition coefficient (Wildman–Crippen LogP) is 6.19. The van der Waals surface area contributed by atoms with Crippen molar-refractivity contribution < 1.29 is 9.90 Å². The molecule has 0 aromatic rings. The fraction of sp³-hybridized carbons (Fsp3) is 0.941. The summed E-state index contributed by atoms with van der Waals surface area (Å²) in [6.07, 6.45) is 17.3. The summed E-state index contributed by atoms with van der Waals surface area (Å²) in [6, 6.07) is 0. The summed E-state index contributed by atoms with van der Waals surface area (Å²) in [5.41, 5.74) is 0. The largest absolute Gasteiger partial charge is 0.481 e. The third-order valence-corrected chi connectivity index (χ3v) is 3.49. The molecule has 0 saturated heterocycles. The van der Waals surface area contributed by atoms with Gasteiger partial charge < -0.3 is 5.11 Å². The minimum absolute atomic E-state index is 0. The van der Waals surface area contributed by atoms with E-state index >= 15 is 0 Å². The first-order valence-corrected chi connectivity index (χ1v) is 7.99. The van der Waals surface area contributed by atoms with Gasteiger partial charge in [-0.15, -0.1) is 0 Å². The summed E-state index contributed by atoms with van der Waals surface area (Å²) in [5.74, 6) is -0.655. The molecule has 0 fully saturated rings. The molecule has 2 heteroatoms. The summed E-state index contributed by atoms with van der Waals surface area (Å²) in [7, 11) is 0. The van der Waals surface area contributed by atoms with Crippen LogP contribution in [-0.4, -0.2) is 11.1 Å². The molecule has 19 heavy (non-hydrogen) atoms. The molecule has 0 spiro atoms. The maximum atomic E-state index is 10.3. The summed E-state index contributed by atoms with van der Waals surface area (Å²) < 4.78 is 0. The van der Waals surface area contributed by atoms with E-state index in [1.807, 2.05) is 0 Å². The maximum absolute atomic E-state index is 10.3. The van der Waals surface area contributed by atoms with Crippen LogP contribution in [0.2, 0.25) is 0 Å². The number of rotatable bonds is 14. The van der Waals surface area contributed by atoms with E-state index in [1.165, 1.54) is 70.6 Å². The Morgan fingerprint density at radius 1 is 0.684 bits per heavy atom. The highest BCUT2D eigenvalue weighted by molar-refractivity contribution is 5.66. The molecule has 0 aromatic heterocycles. The number of hydrogen-bond donors (Lipinski definition) is 1. The Bertz CT molecular complexity index is 178. The van der Waals surface area contributed by atoms with E-state index in [2.05, 4.69) is 6.92 Å². The maximum Gasteiger partial charge on any atom is 0.303 e. The van der Waals surface area contributed by atoms with Crippen LogP contribution in [0.15, 0.2) is 0 Å². The molecule has 0 rings (SSSR count). The second-order valence-electron chi connectivity index (χ2n) is 5.39.